The van der Waals surface area contributed by atoms with E-state index in [0.717, 1.165) is 19.3 Å². The zero-order valence-corrected chi connectivity index (χ0v) is 12.6. The minimum Gasteiger partial charge on any atom is -0.465 e. The Hall–Kier alpha value is -2.04. The fourth-order valence-corrected chi connectivity index (χ4v) is 2.74. The first-order chi connectivity index (χ1) is 10.0. The summed E-state index contributed by atoms with van der Waals surface area (Å²) in [6.45, 7) is 5.05. The summed E-state index contributed by atoms with van der Waals surface area (Å²) < 4.78 is 0. The number of nitrogens with zero attached hydrogens (tertiary/aromatic N) is 1. The highest BCUT2D eigenvalue weighted by Crippen LogP contribution is 2.17. The standard InChI is InChI=1S/C16H22N2O3/c1-11-6-5-7-12(2)13(11)8-3-4-9-18(16(20)21)14-10-17-15(14)19/h5-7,14H,3-4,8-10H2,1-2H3,(H,17,19)(H,20,21)/t14-/m0/s1. The molecule has 1 fully saturated rings. The highest BCUT2D eigenvalue weighted by molar-refractivity contribution is 5.90. The van der Waals surface area contributed by atoms with Crippen molar-refractivity contribution in [3.63, 3.8) is 0 Å². The van der Waals surface area contributed by atoms with Gasteiger partial charge in [0.2, 0.25) is 5.91 Å². The van der Waals surface area contributed by atoms with Gasteiger partial charge in [-0.2, -0.15) is 0 Å². The first kappa shape index (κ1) is 15.4. The third-order valence-corrected chi connectivity index (χ3v) is 4.11. The summed E-state index contributed by atoms with van der Waals surface area (Å²) in [6, 6.07) is 5.76. The number of hydrogen-bond donors (Lipinski definition) is 2. The number of unbranched alkanes of at least 4 members (excludes halogenated alkanes) is 1. The normalized spacial score (nSPS) is 17.0. The molecule has 0 saturated carbocycles. The topological polar surface area (TPSA) is 69.6 Å². The zero-order chi connectivity index (χ0) is 15.4. The molecule has 114 valence electrons. The molecule has 1 aliphatic rings. The van der Waals surface area contributed by atoms with Gasteiger partial charge < -0.3 is 10.4 Å². The second kappa shape index (κ2) is 6.61. The molecule has 5 nitrogen and oxygen atoms in total. The molecule has 1 saturated heterocycles. The number of carbonyl (C=O) groups is 2. The number of benzene rings is 1. The molecule has 2 rings (SSSR count). The average Bonchev–Trinajstić information content (AvgIpc) is 2.42. The average molecular weight is 290 g/mol. The van der Waals surface area contributed by atoms with E-state index in [1.165, 1.54) is 21.6 Å². The van der Waals surface area contributed by atoms with Crippen molar-refractivity contribution in [3.8, 4) is 0 Å². The maximum absolute atomic E-state index is 11.3. The van der Waals surface area contributed by atoms with Gasteiger partial charge in [0.05, 0.1) is 0 Å². The van der Waals surface area contributed by atoms with E-state index < -0.39 is 12.1 Å². The lowest BCUT2D eigenvalue weighted by molar-refractivity contribution is -0.132. The van der Waals surface area contributed by atoms with Gasteiger partial charge in [-0.1, -0.05) is 18.2 Å². The molecule has 0 unspecified atom stereocenters. The minimum atomic E-state index is -1.01. The molecule has 2 amide bonds. The molecule has 21 heavy (non-hydrogen) atoms. The van der Waals surface area contributed by atoms with Crippen molar-refractivity contribution in [1.29, 1.82) is 0 Å². The number of carbonyl (C=O) groups excluding carboxylic acids is 1. The van der Waals surface area contributed by atoms with Crippen molar-refractivity contribution in [2.75, 3.05) is 13.1 Å². The Balaban J connectivity index is 1.83. The smallest absolute Gasteiger partial charge is 0.408 e. The molecular weight excluding hydrogens is 268 g/mol. The second-order valence-corrected chi connectivity index (χ2v) is 5.56. The van der Waals surface area contributed by atoms with Gasteiger partial charge in [-0.25, -0.2) is 4.79 Å². The lowest BCUT2D eigenvalue weighted by atomic mass is 9.98. The monoisotopic (exact) mass is 290 g/mol. The SMILES string of the molecule is Cc1cccc(C)c1CCCCN(C(=O)O)[C@H]1CNC1=O. The number of nitrogens with one attached hydrogen (secondary N) is 1. The largest absolute Gasteiger partial charge is 0.465 e. The molecule has 0 spiro atoms. The van der Waals surface area contributed by atoms with Crippen LogP contribution in [0.2, 0.25) is 0 Å². The van der Waals surface area contributed by atoms with E-state index in [-0.39, 0.29) is 5.91 Å². The van der Waals surface area contributed by atoms with Crippen LogP contribution in [0.3, 0.4) is 0 Å². The molecule has 2 N–H and O–H groups in total. The summed E-state index contributed by atoms with van der Waals surface area (Å²) in [5.74, 6) is -0.188. The van der Waals surface area contributed by atoms with E-state index in [1.54, 1.807) is 0 Å². The summed E-state index contributed by atoms with van der Waals surface area (Å²) in [7, 11) is 0. The fourth-order valence-electron chi connectivity index (χ4n) is 2.74. The molecule has 1 heterocycles. The van der Waals surface area contributed by atoms with Gasteiger partial charge in [-0.05, 0) is 49.8 Å². The maximum atomic E-state index is 11.3. The van der Waals surface area contributed by atoms with Crippen LogP contribution in [0.5, 0.6) is 0 Å². The van der Waals surface area contributed by atoms with Crippen molar-refractivity contribution in [3.05, 3.63) is 34.9 Å². The van der Waals surface area contributed by atoms with Gasteiger partial charge in [0.25, 0.3) is 0 Å². The summed E-state index contributed by atoms with van der Waals surface area (Å²) in [5.41, 5.74) is 3.91. The molecule has 0 bridgehead atoms. The van der Waals surface area contributed by atoms with E-state index in [4.69, 9.17) is 0 Å². The molecular formula is C16H22N2O3. The Morgan fingerprint density at radius 2 is 2.00 bits per heavy atom. The quantitative estimate of drug-likeness (QED) is 0.622. The molecule has 1 aromatic carbocycles. The summed E-state index contributed by atoms with van der Waals surface area (Å²) in [6.07, 6.45) is 1.62. The predicted molar refractivity (Wildman–Crippen MR) is 80.4 cm³/mol. The number of hydrogen-bond acceptors (Lipinski definition) is 2. The Bertz CT molecular complexity index is 522. The summed E-state index contributed by atoms with van der Waals surface area (Å²) in [5, 5.41) is 11.8. The Morgan fingerprint density at radius 1 is 1.33 bits per heavy atom. The number of amides is 2. The van der Waals surface area contributed by atoms with Crippen LogP contribution in [0.15, 0.2) is 18.2 Å². The van der Waals surface area contributed by atoms with E-state index in [1.807, 2.05) is 0 Å². The van der Waals surface area contributed by atoms with Gasteiger partial charge in [0.15, 0.2) is 0 Å². The van der Waals surface area contributed by atoms with Gasteiger partial charge in [-0.15, -0.1) is 0 Å². The van der Waals surface area contributed by atoms with Crippen molar-refractivity contribution in [2.45, 2.75) is 39.2 Å². The highest BCUT2D eigenvalue weighted by Gasteiger charge is 2.35. The van der Waals surface area contributed by atoms with Crippen LogP contribution in [0.1, 0.15) is 29.5 Å². The van der Waals surface area contributed by atoms with Crippen LogP contribution in [0.25, 0.3) is 0 Å². The minimum absolute atomic E-state index is 0.188. The van der Waals surface area contributed by atoms with Crippen molar-refractivity contribution < 1.29 is 14.7 Å². The van der Waals surface area contributed by atoms with Crippen molar-refractivity contribution in [1.82, 2.24) is 10.2 Å². The first-order valence-corrected chi connectivity index (χ1v) is 7.33. The number of β-lactam (4-membered cyclic amide) rings is 1. The third-order valence-electron chi connectivity index (χ3n) is 4.11. The van der Waals surface area contributed by atoms with Crippen LogP contribution in [-0.2, 0) is 11.2 Å². The maximum Gasteiger partial charge on any atom is 0.408 e. The number of carboxylic acid groups (broad SMARTS) is 1. The van der Waals surface area contributed by atoms with E-state index in [2.05, 4.69) is 37.4 Å². The van der Waals surface area contributed by atoms with Crippen LogP contribution in [0, 0.1) is 13.8 Å². The van der Waals surface area contributed by atoms with Crippen LogP contribution >= 0.6 is 0 Å². The molecule has 0 aromatic heterocycles. The Labute approximate surface area is 125 Å². The lowest BCUT2D eigenvalue weighted by Crippen LogP contribution is -2.63. The Morgan fingerprint density at radius 3 is 2.48 bits per heavy atom. The summed E-state index contributed by atoms with van der Waals surface area (Å²) in [4.78, 5) is 23.8. The molecule has 1 atom stereocenters. The molecule has 0 aliphatic carbocycles. The zero-order valence-electron chi connectivity index (χ0n) is 12.6. The Kier molecular flexibility index (Phi) is 4.83. The van der Waals surface area contributed by atoms with Crippen molar-refractivity contribution in [2.24, 2.45) is 0 Å². The molecule has 0 radical (unpaired) electrons. The van der Waals surface area contributed by atoms with Gasteiger partial charge >= 0.3 is 6.09 Å². The summed E-state index contributed by atoms with van der Waals surface area (Å²) >= 11 is 0. The van der Waals surface area contributed by atoms with Crippen LogP contribution in [-0.4, -0.2) is 41.1 Å². The second-order valence-electron chi connectivity index (χ2n) is 5.56. The molecule has 1 aromatic rings. The van der Waals surface area contributed by atoms with Gasteiger partial charge in [0.1, 0.15) is 6.04 Å². The highest BCUT2D eigenvalue weighted by atomic mass is 16.4. The fraction of sp³-hybridized carbons (Fsp3) is 0.500. The van der Waals surface area contributed by atoms with Crippen molar-refractivity contribution >= 4 is 12.0 Å². The third kappa shape index (κ3) is 3.54. The van der Waals surface area contributed by atoms with Gasteiger partial charge in [0, 0.05) is 13.1 Å². The van der Waals surface area contributed by atoms with E-state index >= 15 is 0 Å². The number of aryl methyl sites for hydroxylation is 2. The van der Waals surface area contributed by atoms with E-state index in [0.29, 0.717) is 13.1 Å². The van der Waals surface area contributed by atoms with Crippen LogP contribution in [0.4, 0.5) is 4.79 Å². The van der Waals surface area contributed by atoms with E-state index in [9.17, 15) is 14.7 Å². The lowest BCUT2D eigenvalue weighted by Gasteiger charge is -2.34. The first-order valence-electron chi connectivity index (χ1n) is 7.33. The number of rotatable bonds is 6. The van der Waals surface area contributed by atoms with Gasteiger partial charge in [-0.3, -0.25) is 9.69 Å². The predicted octanol–water partition coefficient (Wildman–Crippen LogP) is 2.10. The molecule has 5 heteroatoms. The molecule has 1 aliphatic heterocycles. The van der Waals surface area contributed by atoms with Crippen LogP contribution < -0.4 is 5.32 Å².